The summed E-state index contributed by atoms with van der Waals surface area (Å²) in [6.45, 7) is 3.78. The second kappa shape index (κ2) is 7.87. The summed E-state index contributed by atoms with van der Waals surface area (Å²) in [6, 6.07) is 6.10. The van der Waals surface area contributed by atoms with Crippen LogP contribution >= 0.6 is 11.3 Å². The monoisotopic (exact) mass is 321 g/mol. The van der Waals surface area contributed by atoms with Gasteiger partial charge in [0.2, 0.25) is 0 Å². The molecular formula is C16H23N3O2S. The highest BCUT2D eigenvalue weighted by atomic mass is 32.1. The summed E-state index contributed by atoms with van der Waals surface area (Å²) in [5.74, 6) is 0. The van der Waals surface area contributed by atoms with Gasteiger partial charge in [-0.05, 0) is 30.4 Å². The lowest BCUT2D eigenvalue weighted by Crippen LogP contribution is -2.38. The molecule has 2 aromatic rings. The lowest BCUT2D eigenvalue weighted by molar-refractivity contribution is 0.0414. The van der Waals surface area contributed by atoms with E-state index in [1.807, 2.05) is 12.3 Å². The molecule has 22 heavy (non-hydrogen) atoms. The largest absolute Gasteiger partial charge is 0.390 e. The third kappa shape index (κ3) is 4.64. The first-order chi connectivity index (χ1) is 10.8. The van der Waals surface area contributed by atoms with Crippen LogP contribution in [0.1, 0.15) is 17.7 Å². The van der Waals surface area contributed by atoms with Crippen LogP contribution in [0, 0.1) is 0 Å². The minimum absolute atomic E-state index is 0.303. The fourth-order valence-corrected chi connectivity index (χ4v) is 3.63. The molecule has 2 unspecified atom stereocenters. The van der Waals surface area contributed by atoms with Crippen LogP contribution in [0.15, 0.2) is 36.0 Å². The molecule has 120 valence electrons. The highest BCUT2D eigenvalue weighted by molar-refractivity contribution is 7.09. The highest BCUT2D eigenvalue weighted by Gasteiger charge is 2.21. The summed E-state index contributed by atoms with van der Waals surface area (Å²) in [4.78, 5) is 3.62. The van der Waals surface area contributed by atoms with Crippen LogP contribution in [-0.4, -0.2) is 51.7 Å². The predicted molar refractivity (Wildman–Crippen MR) is 86.8 cm³/mol. The minimum atomic E-state index is -0.429. The molecule has 5 nitrogen and oxygen atoms in total. The van der Waals surface area contributed by atoms with Crippen LogP contribution in [0.2, 0.25) is 0 Å². The lowest BCUT2D eigenvalue weighted by Gasteiger charge is -2.27. The van der Waals surface area contributed by atoms with Gasteiger partial charge < -0.3 is 9.84 Å². The van der Waals surface area contributed by atoms with Gasteiger partial charge in [0.25, 0.3) is 0 Å². The number of nitrogens with zero attached hydrogens (tertiary/aromatic N) is 3. The van der Waals surface area contributed by atoms with Gasteiger partial charge in [-0.15, -0.1) is 11.3 Å². The number of thiophene rings is 1. The molecule has 0 spiro atoms. The van der Waals surface area contributed by atoms with Gasteiger partial charge in [0.05, 0.1) is 18.8 Å². The second-order valence-electron chi connectivity index (χ2n) is 5.79. The van der Waals surface area contributed by atoms with Gasteiger partial charge in [-0.2, -0.15) is 5.10 Å². The van der Waals surface area contributed by atoms with Gasteiger partial charge in [0, 0.05) is 43.5 Å². The topological polar surface area (TPSA) is 50.5 Å². The van der Waals surface area contributed by atoms with Crippen molar-refractivity contribution in [3.63, 3.8) is 0 Å². The van der Waals surface area contributed by atoms with Crippen molar-refractivity contribution in [1.29, 1.82) is 0 Å². The molecule has 0 bridgehead atoms. The Balaban J connectivity index is 1.56. The van der Waals surface area contributed by atoms with Gasteiger partial charge in [-0.1, -0.05) is 6.07 Å². The standard InChI is InChI=1S/C16H23N3O2S/c20-14(11-19-7-3-6-17-19)10-18(12-15-4-1-8-21-15)13-16-5-2-9-22-16/h2-3,5-7,9,14-15,20H,1,4,8,10-13H2. The molecule has 0 aromatic carbocycles. The highest BCUT2D eigenvalue weighted by Crippen LogP contribution is 2.17. The molecule has 1 aliphatic rings. The zero-order chi connectivity index (χ0) is 15.2. The average Bonchev–Trinajstić information content (AvgIpc) is 3.20. The summed E-state index contributed by atoms with van der Waals surface area (Å²) in [5.41, 5.74) is 0. The third-order valence-corrected chi connectivity index (χ3v) is 4.73. The van der Waals surface area contributed by atoms with E-state index in [-0.39, 0.29) is 0 Å². The fourth-order valence-electron chi connectivity index (χ4n) is 2.88. The van der Waals surface area contributed by atoms with Crippen LogP contribution in [0.3, 0.4) is 0 Å². The summed E-state index contributed by atoms with van der Waals surface area (Å²) in [7, 11) is 0. The van der Waals surface area contributed by atoms with Gasteiger partial charge in [-0.25, -0.2) is 0 Å². The van der Waals surface area contributed by atoms with Crippen LogP contribution in [-0.2, 0) is 17.8 Å². The Labute approximate surface area is 135 Å². The maximum Gasteiger partial charge on any atom is 0.0862 e. The Kier molecular flexibility index (Phi) is 5.61. The molecule has 2 atom stereocenters. The third-order valence-electron chi connectivity index (χ3n) is 3.87. The Morgan fingerprint density at radius 3 is 3.14 bits per heavy atom. The second-order valence-corrected chi connectivity index (χ2v) is 6.82. The van der Waals surface area contributed by atoms with Crippen molar-refractivity contribution >= 4 is 11.3 Å². The Bertz CT molecular complexity index is 524. The minimum Gasteiger partial charge on any atom is -0.390 e. The number of aromatic nitrogens is 2. The van der Waals surface area contributed by atoms with Crippen molar-refractivity contribution in [2.45, 2.75) is 38.1 Å². The van der Waals surface area contributed by atoms with Crippen molar-refractivity contribution in [3.8, 4) is 0 Å². The van der Waals surface area contributed by atoms with Crippen molar-refractivity contribution in [2.75, 3.05) is 19.7 Å². The number of aliphatic hydroxyl groups excluding tert-OH is 1. The molecule has 1 saturated heterocycles. The molecule has 0 radical (unpaired) electrons. The number of hydrogen-bond acceptors (Lipinski definition) is 5. The Hall–Kier alpha value is -1.21. The van der Waals surface area contributed by atoms with E-state index < -0.39 is 6.10 Å². The Morgan fingerprint density at radius 2 is 2.45 bits per heavy atom. The zero-order valence-corrected chi connectivity index (χ0v) is 13.5. The van der Waals surface area contributed by atoms with E-state index in [9.17, 15) is 5.11 Å². The first-order valence-corrected chi connectivity index (χ1v) is 8.69. The Morgan fingerprint density at radius 1 is 1.50 bits per heavy atom. The number of ether oxygens (including phenoxy) is 1. The van der Waals surface area contributed by atoms with E-state index >= 15 is 0 Å². The molecular weight excluding hydrogens is 298 g/mol. The summed E-state index contributed by atoms with van der Waals surface area (Å²) in [6.07, 6.45) is 5.76. The molecule has 2 aromatic heterocycles. The fraction of sp³-hybridized carbons (Fsp3) is 0.562. The molecule has 3 rings (SSSR count). The molecule has 0 saturated carbocycles. The predicted octanol–water partition coefficient (Wildman–Crippen LogP) is 1.99. The molecule has 0 amide bonds. The smallest absolute Gasteiger partial charge is 0.0862 e. The van der Waals surface area contributed by atoms with E-state index in [4.69, 9.17) is 4.74 Å². The number of aliphatic hydroxyl groups is 1. The van der Waals surface area contributed by atoms with Crippen molar-refractivity contribution in [2.24, 2.45) is 0 Å². The molecule has 1 fully saturated rings. The molecule has 6 heteroatoms. The van der Waals surface area contributed by atoms with Crippen LogP contribution in [0.25, 0.3) is 0 Å². The summed E-state index contributed by atoms with van der Waals surface area (Å²) < 4.78 is 7.53. The first kappa shape index (κ1) is 15.7. The quantitative estimate of drug-likeness (QED) is 0.808. The van der Waals surface area contributed by atoms with Gasteiger partial charge in [0.15, 0.2) is 0 Å². The maximum atomic E-state index is 10.4. The first-order valence-electron chi connectivity index (χ1n) is 7.81. The van der Waals surface area contributed by atoms with E-state index in [1.165, 1.54) is 4.88 Å². The van der Waals surface area contributed by atoms with Crippen LogP contribution < -0.4 is 0 Å². The molecule has 3 heterocycles. The van der Waals surface area contributed by atoms with Crippen molar-refractivity contribution < 1.29 is 9.84 Å². The normalized spacial score (nSPS) is 19.8. The van der Waals surface area contributed by atoms with E-state index in [2.05, 4.69) is 27.5 Å². The van der Waals surface area contributed by atoms with E-state index in [0.29, 0.717) is 19.2 Å². The van der Waals surface area contributed by atoms with E-state index in [1.54, 1.807) is 22.2 Å². The summed E-state index contributed by atoms with van der Waals surface area (Å²) >= 11 is 1.76. The number of rotatable bonds is 8. The molecule has 1 aliphatic heterocycles. The molecule has 0 aliphatic carbocycles. The molecule has 1 N–H and O–H groups in total. The van der Waals surface area contributed by atoms with Crippen molar-refractivity contribution in [1.82, 2.24) is 14.7 Å². The van der Waals surface area contributed by atoms with Gasteiger partial charge in [-0.3, -0.25) is 9.58 Å². The number of hydrogen-bond donors (Lipinski definition) is 1. The lowest BCUT2D eigenvalue weighted by atomic mass is 10.2. The summed E-state index contributed by atoms with van der Waals surface area (Å²) in [5, 5.41) is 16.6. The maximum absolute atomic E-state index is 10.4. The zero-order valence-electron chi connectivity index (χ0n) is 12.7. The van der Waals surface area contributed by atoms with Gasteiger partial charge >= 0.3 is 0 Å². The van der Waals surface area contributed by atoms with E-state index in [0.717, 1.165) is 32.5 Å². The van der Waals surface area contributed by atoms with Crippen LogP contribution in [0.5, 0.6) is 0 Å². The van der Waals surface area contributed by atoms with Gasteiger partial charge in [0.1, 0.15) is 0 Å². The average molecular weight is 321 g/mol. The SMILES string of the molecule is OC(CN(Cc1cccs1)CC1CCCO1)Cn1cccn1. The van der Waals surface area contributed by atoms with Crippen LogP contribution in [0.4, 0.5) is 0 Å². The van der Waals surface area contributed by atoms with Crippen molar-refractivity contribution in [3.05, 3.63) is 40.8 Å².